The molecule has 2 aromatic heterocycles. The third-order valence-corrected chi connectivity index (χ3v) is 5.98. The van der Waals surface area contributed by atoms with E-state index >= 15 is 0 Å². The third-order valence-electron chi connectivity index (χ3n) is 5.01. The summed E-state index contributed by atoms with van der Waals surface area (Å²) in [6, 6.07) is 25.1. The fourth-order valence-electron chi connectivity index (χ4n) is 3.45. The molecule has 0 fully saturated rings. The highest BCUT2D eigenvalue weighted by molar-refractivity contribution is 7.98. The number of aromatic nitrogens is 5. The van der Waals surface area contributed by atoms with E-state index in [0.717, 1.165) is 22.6 Å². The van der Waals surface area contributed by atoms with Crippen LogP contribution in [0.25, 0.3) is 22.3 Å². The Kier molecular flexibility index (Phi) is 5.09. The number of hydrogen-bond donors (Lipinski definition) is 0. The molecule has 0 unspecified atom stereocenters. The van der Waals surface area contributed by atoms with Gasteiger partial charge in [-0.3, -0.25) is 9.36 Å². The summed E-state index contributed by atoms with van der Waals surface area (Å²) in [5, 5.41) is 9.75. The van der Waals surface area contributed by atoms with Crippen LogP contribution in [0.4, 0.5) is 0 Å². The fourth-order valence-corrected chi connectivity index (χ4v) is 4.33. The van der Waals surface area contributed by atoms with Gasteiger partial charge in [0.1, 0.15) is 0 Å². The van der Waals surface area contributed by atoms with Crippen molar-refractivity contribution in [3.63, 3.8) is 0 Å². The SMILES string of the molecule is Cc1ccccc1-n1c(SCc2cn(-c3ccccc3)nn2)nc2ccccc2c1=O. The van der Waals surface area contributed by atoms with Crippen molar-refractivity contribution in [3.8, 4) is 11.4 Å². The van der Waals surface area contributed by atoms with Gasteiger partial charge in [0, 0.05) is 5.75 Å². The van der Waals surface area contributed by atoms with Crippen LogP contribution in [0, 0.1) is 6.92 Å². The number of hydrogen-bond acceptors (Lipinski definition) is 5. The van der Waals surface area contributed by atoms with Crippen LogP contribution < -0.4 is 5.56 Å². The first-order chi connectivity index (χ1) is 15.2. The zero-order valence-corrected chi connectivity index (χ0v) is 17.7. The number of nitrogens with zero attached hydrogens (tertiary/aromatic N) is 5. The molecule has 2 heterocycles. The Balaban J connectivity index is 1.54. The first-order valence-electron chi connectivity index (χ1n) is 9.88. The molecule has 0 aliphatic carbocycles. The van der Waals surface area contributed by atoms with E-state index in [9.17, 15) is 4.79 Å². The van der Waals surface area contributed by atoms with Gasteiger partial charge in [-0.2, -0.15) is 0 Å². The molecule has 0 N–H and O–H groups in total. The van der Waals surface area contributed by atoms with E-state index in [1.807, 2.05) is 92.0 Å². The van der Waals surface area contributed by atoms with E-state index in [1.54, 1.807) is 9.25 Å². The zero-order valence-electron chi connectivity index (χ0n) is 16.8. The smallest absolute Gasteiger partial charge is 0.266 e. The fraction of sp³-hybridized carbons (Fsp3) is 0.0833. The van der Waals surface area contributed by atoms with Crippen molar-refractivity contribution in [2.24, 2.45) is 0 Å². The molecule has 31 heavy (non-hydrogen) atoms. The maximum Gasteiger partial charge on any atom is 0.266 e. The summed E-state index contributed by atoms with van der Waals surface area (Å²) >= 11 is 1.48. The highest BCUT2D eigenvalue weighted by atomic mass is 32.2. The maximum atomic E-state index is 13.4. The van der Waals surface area contributed by atoms with Crippen molar-refractivity contribution in [2.45, 2.75) is 17.8 Å². The Morgan fingerprint density at radius 1 is 0.903 bits per heavy atom. The molecule has 0 spiro atoms. The summed E-state index contributed by atoms with van der Waals surface area (Å²) in [5.74, 6) is 0.545. The van der Waals surface area contributed by atoms with Crippen LogP contribution in [0.2, 0.25) is 0 Å². The molecule has 0 saturated heterocycles. The van der Waals surface area contributed by atoms with Crippen molar-refractivity contribution in [1.82, 2.24) is 24.5 Å². The van der Waals surface area contributed by atoms with Crippen LogP contribution in [0.5, 0.6) is 0 Å². The summed E-state index contributed by atoms with van der Waals surface area (Å²) in [5.41, 5.74) is 4.22. The minimum atomic E-state index is -0.0738. The van der Waals surface area contributed by atoms with E-state index in [2.05, 4.69) is 10.3 Å². The van der Waals surface area contributed by atoms with Gasteiger partial charge < -0.3 is 0 Å². The molecular formula is C24H19N5OS. The van der Waals surface area contributed by atoms with Crippen LogP contribution >= 0.6 is 11.8 Å². The lowest BCUT2D eigenvalue weighted by atomic mass is 10.2. The molecule has 6 nitrogen and oxygen atoms in total. The van der Waals surface area contributed by atoms with Gasteiger partial charge in [-0.05, 0) is 42.8 Å². The summed E-state index contributed by atoms with van der Waals surface area (Å²) in [6.07, 6.45) is 1.90. The van der Waals surface area contributed by atoms with Crippen LogP contribution in [-0.4, -0.2) is 24.5 Å². The van der Waals surface area contributed by atoms with E-state index in [0.29, 0.717) is 21.8 Å². The molecule has 0 saturated carbocycles. The molecule has 5 rings (SSSR count). The average molecular weight is 426 g/mol. The average Bonchev–Trinajstić information content (AvgIpc) is 3.28. The lowest BCUT2D eigenvalue weighted by Gasteiger charge is -2.14. The van der Waals surface area contributed by atoms with E-state index in [-0.39, 0.29) is 5.56 Å². The highest BCUT2D eigenvalue weighted by Gasteiger charge is 2.15. The molecule has 0 radical (unpaired) electrons. The van der Waals surface area contributed by atoms with Gasteiger partial charge in [-0.15, -0.1) is 5.10 Å². The predicted molar refractivity (Wildman–Crippen MR) is 123 cm³/mol. The third kappa shape index (κ3) is 3.75. The molecular weight excluding hydrogens is 406 g/mol. The minimum absolute atomic E-state index is 0.0738. The van der Waals surface area contributed by atoms with Crippen LogP contribution in [0.15, 0.2) is 95.0 Å². The van der Waals surface area contributed by atoms with Crippen molar-refractivity contribution in [2.75, 3.05) is 0 Å². The molecule has 0 aliphatic rings. The zero-order chi connectivity index (χ0) is 21.2. The number of para-hydroxylation sites is 3. The second kappa shape index (κ2) is 8.20. The number of rotatable bonds is 5. The van der Waals surface area contributed by atoms with E-state index in [1.165, 1.54) is 11.8 Å². The van der Waals surface area contributed by atoms with Crippen molar-refractivity contribution in [3.05, 3.63) is 107 Å². The largest absolute Gasteiger partial charge is 0.268 e. The summed E-state index contributed by atoms with van der Waals surface area (Å²) in [6.45, 7) is 2.00. The first-order valence-corrected chi connectivity index (χ1v) is 10.9. The van der Waals surface area contributed by atoms with Gasteiger partial charge in [0.05, 0.1) is 34.2 Å². The van der Waals surface area contributed by atoms with Crippen LogP contribution in [0.1, 0.15) is 11.3 Å². The van der Waals surface area contributed by atoms with Gasteiger partial charge in [0.2, 0.25) is 0 Å². The number of fused-ring (bicyclic) bond motifs is 1. The molecule has 3 aromatic carbocycles. The van der Waals surface area contributed by atoms with Gasteiger partial charge in [-0.25, -0.2) is 9.67 Å². The molecule has 5 aromatic rings. The van der Waals surface area contributed by atoms with Crippen molar-refractivity contribution < 1.29 is 0 Å². The van der Waals surface area contributed by atoms with Crippen LogP contribution in [-0.2, 0) is 5.75 Å². The van der Waals surface area contributed by atoms with Crippen LogP contribution in [0.3, 0.4) is 0 Å². The van der Waals surface area contributed by atoms with Gasteiger partial charge in [-0.1, -0.05) is 65.5 Å². The topological polar surface area (TPSA) is 65.6 Å². The minimum Gasteiger partial charge on any atom is -0.268 e. The highest BCUT2D eigenvalue weighted by Crippen LogP contribution is 2.25. The lowest BCUT2D eigenvalue weighted by molar-refractivity contribution is 0.799. The lowest BCUT2D eigenvalue weighted by Crippen LogP contribution is -2.22. The van der Waals surface area contributed by atoms with E-state index in [4.69, 9.17) is 4.98 Å². The Labute approximate surface area is 183 Å². The second-order valence-electron chi connectivity index (χ2n) is 7.12. The Bertz CT molecular complexity index is 1430. The standard InChI is InChI=1S/C24H19N5OS/c1-17-9-5-8-14-22(17)29-23(30)20-12-6-7-13-21(20)25-24(29)31-16-18-15-28(27-26-18)19-10-3-2-4-11-19/h2-15H,16H2,1H3. The maximum absolute atomic E-state index is 13.4. The molecule has 0 aliphatic heterocycles. The van der Waals surface area contributed by atoms with Gasteiger partial charge in [0.25, 0.3) is 5.56 Å². The number of aryl methyl sites for hydroxylation is 1. The number of benzene rings is 3. The number of thioether (sulfide) groups is 1. The molecule has 0 atom stereocenters. The summed E-state index contributed by atoms with van der Waals surface area (Å²) in [4.78, 5) is 18.2. The molecule has 7 heteroatoms. The monoisotopic (exact) mass is 425 g/mol. The Hall–Kier alpha value is -3.71. The normalized spacial score (nSPS) is 11.1. The Morgan fingerprint density at radius 3 is 2.48 bits per heavy atom. The summed E-state index contributed by atoms with van der Waals surface area (Å²) < 4.78 is 3.45. The summed E-state index contributed by atoms with van der Waals surface area (Å²) in [7, 11) is 0. The molecule has 152 valence electrons. The van der Waals surface area contributed by atoms with Crippen molar-refractivity contribution in [1.29, 1.82) is 0 Å². The van der Waals surface area contributed by atoms with Crippen molar-refractivity contribution >= 4 is 22.7 Å². The molecule has 0 bridgehead atoms. The predicted octanol–water partition coefficient (Wildman–Crippen LogP) is 4.57. The first kappa shape index (κ1) is 19.3. The quantitative estimate of drug-likeness (QED) is 0.305. The molecule has 0 amide bonds. The van der Waals surface area contributed by atoms with E-state index < -0.39 is 0 Å². The second-order valence-corrected chi connectivity index (χ2v) is 8.06. The Morgan fingerprint density at radius 2 is 1.65 bits per heavy atom. The van der Waals surface area contributed by atoms with Gasteiger partial charge >= 0.3 is 0 Å². The van der Waals surface area contributed by atoms with Gasteiger partial charge in [0.15, 0.2) is 5.16 Å².